The van der Waals surface area contributed by atoms with Gasteiger partial charge in [0, 0.05) is 17.1 Å². The van der Waals surface area contributed by atoms with E-state index in [0.29, 0.717) is 6.42 Å². The summed E-state index contributed by atoms with van der Waals surface area (Å²) in [5.74, 6) is 1.05. The van der Waals surface area contributed by atoms with Crippen LogP contribution in [0.3, 0.4) is 0 Å². The van der Waals surface area contributed by atoms with E-state index in [2.05, 4.69) is 18.3 Å². The molecular weight excluding hydrogens is 202 g/mol. The Morgan fingerprint density at radius 3 is 3.23 bits per heavy atom. The maximum atomic E-state index is 11.2. The number of carbonyl (C=O) groups is 1. The standard InChI is InChI=1S/C9H11NOS2/c1-2-6-5-7-9(13-6)12-4-3-8(11)10-7/h5H,2-4H2,1H3,(H,10,11). The van der Waals surface area contributed by atoms with Crippen molar-refractivity contribution in [1.29, 1.82) is 0 Å². The second-order valence-electron chi connectivity index (χ2n) is 2.91. The first-order valence-electron chi connectivity index (χ1n) is 4.35. The average Bonchev–Trinajstić information content (AvgIpc) is 2.41. The summed E-state index contributed by atoms with van der Waals surface area (Å²) in [5, 5.41) is 2.93. The highest BCUT2D eigenvalue weighted by Gasteiger charge is 2.15. The molecule has 70 valence electrons. The van der Waals surface area contributed by atoms with Crippen molar-refractivity contribution in [1.82, 2.24) is 0 Å². The van der Waals surface area contributed by atoms with Crippen molar-refractivity contribution in [2.75, 3.05) is 11.1 Å². The summed E-state index contributed by atoms with van der Waals surface area (Å²) in [7, 11) is 0. The molecule has 2 rings (SSSR count). The molecule has 0 spiro atoms. The summed E-state index contributed by atoms with van der Waals surface area (Å²) in [6.45, 7) is 2.14. The molecule has 0 unspecified atom stereocenters. The molecule has 0 aliphatic carbocycles. The van der Waals surface area contributed by atoms with E-state index in [4.69, 9.17) is 0 Å². The Bertz CT molecular complexity index is 332. The lowest BCUT2D eigenvalue weighted by Gasteiger charge is -1.96. The van der Waals surface area contributed by atoms with Gasteiger partial charge in [0.1, 0.15) is 0 Å². The van der Waals surface area contributed by atoms with Gasteiger partial charge in [-0.3, -0.25) is 4.79 Å². The van der Waals surface area contributed by atoms with Crippen molar-refractivity contribution < 1.29 is 4.79 Å². The molecular formula is C9H11NOS2. The lowest BCUT2D eigenvalue weighted by Crippen LogP contribution is -2.09. The third kappa shape index (κ3) is 1.89. The molecule has 0 saturated carbocycles. The molecule has 0 saturated heterocycles. The van der Waals surface area contributed by atoms with E-state index in [-0.39, 0.29) is 5.91 Å². The number of hydrogen-bond acceptors (Lipinski definition) is 3. The number of carbonyl (C=O) groups excluding carboxylic acids is 1. The molecule has 2 heterocycles. The number of nitrogens with one attached hydrogen (secondary N) is 1. The highest BCUT2D eigenvalue weighted by atomic mass is 32.2. The van der Waals surface area contributed by atoms with Crippen LogP contribution in [0.15, 0.2) is 10.3 Å². The SMILES string of the molecule is CCc1cc2c(s1)SCCC(=O)N2. The smallest absolute Gasteiger partial charge is 0.225 e. The van der Waals surface area contributed by atoms with Crippen LogP contribution in [-0.2, 0) is 11.2 Å². The quantitative estimate of drug-likeness (QED) is 0.777. The number of hydrogen-bond donors (Lipinski definition) is 1. The molecule has 1 N–H and O–H groups in total. The Morgan fingerprint density at radius 2 is 2.46 bits per heavy atom. The predicted molar refractivity (Wildman–Crippen MR) is 57.7 cm³/mol. The second kappa shape index (κ2) is 3.72. The van der Waals surface area contributed by atoms with E-state index in [1.54, 1.807) is 23.1 Å². The van der Waals surface area contributed by atoms with E-state index < -0.39 is 0 Å². The largest absolute Gasteiger partial charge is 0.324 e. The van der Waals surface area contributed by atoms with Crippen LogP contribution in [0.2, 0.25) is 0 Å². The van der Waals surface area contributed by atoms with Crippen molar-refractivity contribution in [3.8, 4) is 0 Å². The van der Waals surface area contributed by atoms with Crippen LogP contribution in [0.4, 0.5) is 5.69 Å². The highest BCUT2D eigenvalue weighted by Crippen LogP contribution is 2.38. The number of aryl methyl sites for hydroxylation is 1. The predicted octanol–water partition coefficient (Wildman–Crippen LogP) is 2.74. The van der Waals surface area contributed by atoms with E-state index in [9.17, 15) is 4.79 Å². The molecule has 1 amide bonds. The Kier molecular flexibility index (Phi) is 2.60. The molecule has 0 fully saturated rings. The zero-order valence-corrected chi connectivity index (χ0v) is 9.06. The fraction of sp³-hybridized carbons (Fsp3) is 0.444. The first-order valence-corrected chi connectivity index (χ1v) is 6.15. The van der Waals surface area contributed by atoms with Crippen LogP contribution in [-0.4, -0.2) is 11.7 Å². The van der Waals surface area contributed by atoms with Crippen LogP contribution < -0.4 is 5.32 Å². The number of fused-ring (bicyclic) bond motifs is 1. The van der Waals surface area contributed by atoms with Crippen molar-refractivity contribution in [2.45, 2.75) is 24.0 Å². The molecule has 0 aromatic carbocycles. The van der Waals surface area contributed by atoms with Gasteiger partial charge in [-0.05, 0) is 12.5 Å². The van der Waals surface area contributed by atoms with Gasteiger partial charge in [0.05, 0.1) is 9.90 Å². The molecule has 1 aromatic heterocycles. The third-order valence-electron chi connectivity index (χ3n) is 1.93. The molecule has 1 aromatic rings. The summed E-state index contributed by atoms with van der Waals surface area (Å²) in [5.41, 5.74) is 1.02. The van der Waals surface area contributed by atoms with Gasteiger partial charge in [0.15, 0.2) is 0 Å². The molecule has 4 heteroatoms. The Morgan fingerprint density at radius 1 is 1.62 bits per heavy atom. The Hall–Kier alpha value is -0.480. The van der Waals surface area contributed by atoms with E-state index >= 15 is 0 Å². The lowest BCUT2D eigenvalue weighted by atomic mass is 10.3. The maximum Gasteiger partial charge on any atom is 0.225 e. The summed E-state index contributed by atoms with van der Waals surface area (Å²) >= 11 is 3.58. The minimum Gasteiger partial charge on any atom is -0.324 e. The van der Waals surface area contributed by atoms with Gasteiger partial charge in [-0.2, -0.15) is 0 Å². The zero-order chi connectivity index (χ0) is 9.26. The van der Waals surface area contributed by atoms with Gasteiger partial charge in [-0.1, -0.05) is 6.92 Å². The number of thioether (sulfide) groups is 1. The highest BCUT2D eigenvalue weighted by molar-refractivity contribution is 8.01. The van der Waals surface area contributed by atoms with Gasteiger partial charge in [0.25, 0.3) is 0 Å². The summed E-state index contributed by atoms with van der Waals surface area (Å²) in [6, 6.07) is 2.09. The lowest BCUT2D eigenvalue weighted by molar-refractivity contribution is -0.115. The molecule has 1 aliphatic heterocycles. The first-order chi connectivity index (χ1) is 6.29. The van der Waals surface area contributed by atoms with Crippen LogP contribution in [0, 0.1) is 0 Å². The third-order valence-corrected chi connectivity index (χ3v) is 4.50. The number of thiophene rings is 1. The molecule has 2 nitrogen and oxygen atoms in total. The van der Waals surface area contributed by atoms with Crippen LogP contribution in [0.25, 0.3) is 0 Å². The van der Waals surface area contributed by atoms with Crippen LogP contribution in [0.5, 0.6) is 0 Å². The second-order valence-corrected chi connectivity index (χ2v) is 5.41. The number of rotatable bonds is 1. The summed E-state index contributed by atoms with van der Waals surface area (Å²) in [4.78, 5) is 12.6. The van der Waals surface area contributed by atoms with E-state index in [1.807, 2.05) is 0 Å². The van der Waals surface area contributed by atoms with Crippen molar-refractivity contribution in [3.05, 3.63) is 10.9 Å². The van der Waals surface area contributed by atoms with Crippen molar-refractivity contribution in [2.24, 2.45) is 0 Å². The first kappa shape index (κ1) is 9.09. The summed E-state index contributed by atoms with van der Waals surface area (Å²) in [6.07, 6.45) is 1.68. The fourth-order valence-electron chi connectivity index (χ4n) is 1.24. The zero-order valence-electron chi connectivity index (χ0n) is 7.42. The van der Waals surface area contributed by atoms with Crippen LogP contribution >= 0.6 is 23.1 Å². The Labute approximate surface area is 85.7 Å². The van der Waals surface area contributed by atoms with Crippen molar-refractivity contribution in [3.63, 3.8) is 0 Å². The number of anilines is 1. The average molecular weight is 213 g/mol. The summed E-state index contributed by atoms with van der Waals surface area (Å²) < 4.78 is 1.27. The van der Waals surface area contributed by atoms with Gasteiger partial charge < -0.3 is 5.32 Å². The van der Waals surface area contributed by atoms with E-state index in [1.165, 1.54) is 9.09 Å². The van der Waals surface area contributed by atoms with E-state index in [0.717, 1.165) is 17.9 Å². The maximum absolute atomic E-state index is 11.2. The molecule has 0 bridgehead atoms. The molecule has 0 atom stereocenters. The minimum absolute atomic E-state index is 0.145. The van der Waals surface area contributed by atoms with Crippen LogP contribution in [0.1, 0.15) is 18.2 Å². The van der Waals surface area contributed by atoms with Gasteiger partial charge in [-0.15, -0.1) is 23.1 Å². The Balaban J connectivity index is 2.31. The minimum atomic E-state index is 0.145. The van der Waals surface area contributed by atoms with Gasteiger partial charge in [0.2, 0.25) is 5.91 Å². The normalized spacial score (nSPS) is 16.2. The van der Waals surface area contributed by atoms with Crippen molar-refractivity contribution >= 4 is 34.7 Å². The molecule has 0 radical (unpaired) electrons. The van der Waals surface area contributed by atoms with Gasteiger partial charge >= 0.3 is 0 Å². The fourth-order valence-corrected chi connectivity index (χ4v) is 3.57. The molecule has 13 heavy (non-hydrogen) atoms. The van der Waals surface area contributed by atoms with Gasteiger partial charge in [-0.25, -0.2) is 0 Å². The number of amides is 1. The monoisotopic (exact) mass is 213 g/mol. The molecule has 1 aliphatic rings. The topological polar surface area (TPSA) is 29.1 Å².